The summed E-state index contributed by atoms with van der Waals surface area (Å²) in [4.78, 5) is 2.43. The highest BCUT2D eigenvalue weighted by atomic mass is 15.1. The summed E-state index contributed by atoms with van der Waals surface area (Å²) in [5.74, 6) is 0.675. The first-order valence-electron chi connectivity index (χ1n) is 6.96. The third-order valence-corrected chi connectivity index (χ3v) is 4.04. The molecule has 0 bridgehead atoms. The lowest BCUT2D eigenvalue weighted by Gasteiger charge is -2.35. The molecule has 1 unspecified atom stereocenters. The molecule has 1 aliphatic carbocycles. The molecular formula is C17H20N2. The molecule has 2 aromatic rings. The molecule has 0 spiro atoms. The van der Waals surface area contributed by atoms with E-state index in [1.54, 1.807) is 0 Å². The van der Waals surface area contributed by atoms with Gasteiger partial charge in [-0.1, -0.05) is 24.3 Å². The Morgan fingerprint density at radius 1 is 1.11 bits per heavy atom. The highest BCUT2D eigenvalue weighted by Crippen LogP contribution is 2.36. The molecule has 0 aromatic heterocycles. The lowest BCUT2D eigenvalue weighted by Crippen LogP contribution is -2.33. The molecule has 0 saturated carbocycles. The van der Waals surface area contributed by atoms with Crippen molar-refractivity contribution in [3.05, 3.63) is 59.7 Å². The number of hydrogen-bond acceptors (Lipinski definition) is 2. The first-order valence-corrected chi connectivity index (χ1v) is 6.96. The maximum atomic E-state index is 5.75. The molecule has 0 radical (unpaired) electrons. The molecule has 2 aromatic carbocycles. The highest BCUT2D eigenvalue weighted by molar-refractivity contribution is 5.54. The van der Waals surface area contributed by atoms with Crippen LogP contribution in [0.5, 0.6) is 0 Å². The van der Waals surface area contributed by atoms with Gasteiger partial charge in [-0.25, -0.2) is 0 Å². The predicted octanol–water partition coefficient (Wildman–Crippen LogP) is 3.44. The fourth-order valence-electron chi connectivity index (χ4n) is 2.89. The average molecular weight is 252 g/mol. The lowest BCUT2D eigenvalue weighted by molar-refractivity contribution is 0.587. The van der Waals surface area contributed by atoms with Crippen LogP contribution in [0.2, 0.25) is 0 Å². The van der Waals surface area contributed by atoms with Crippen molar-refractivity contribution >= 4 is 11.4 Å². The van der Waals surface area contributed by atoms with Crippen LogP contribution in [0.4, 0.5) is 11.4 Å². The predicted molar refractivity (Wildman–Crippen MR) is 81.6 cm³/mol. The standard InChI is InChI=1S/C17H20N2/c1-2-19(16-9-7-15(18)8-10-16)12-14-11-13-5-3-4-6-17(13)14/h3-10,14H,2,11-12,18H2,1H3. The maximum Gasteiger partial charge on any atom is 0.0367 e. The van der Waals surface area contributed by atoms with E-state index in [2.05, 4.69) is 48.2 Å². The van der Waals surface area contributed by atoms with Crippen LogP contribution in [0.15, 0.2) is 48.5 Å². The van der Waals surface area contributed by atoms with Crippen LogP contribution in [0.1, 0.15) is 24.0 Å². The second-order valence-electron chi connectivity index (χ2n) is 5.23. The van der Waals surface area contributed by atoms with Crippen LogP contribution in [-0.4, -0.2) is 13.1 Å². The summed E-state index contributed by atoms with van der Waals surface area (Å²) in [6, 6.07) is 17.0. The van der Waals surface area contributed by atoms with Gasteiger partial charge in [-0.05, 0) is 48.7 Å². The van der Waals surface area contributed by atoms with Gasteiger partial charge in [0.25, 0.3) is 0 Å². The molecule has 3 rings (SSSR count). The van der Waals surface area contributed by atoms with Crippen LogP contribution in [0.3, 0.4) is 0 Å². The van der Waals surface area contributed by atoms with Crippen LogP contribution < -0.4 is 10.6 Å². The maximum absolute atomic E-state index is 5.75. The topological polar surface area (TPSA) is 29.3 Å². The van der Waals surface area contributed by atoms with E-state index < -0.39 is 0 Å². The van der Waals surface area contributed by atoms with Crippen molar-refractivity contribution in [3.8, 4) is 0 Å². The average Bonchev–Trinajstić information content (AvgIpc) is 2.42. The van der Waals surface area contributed by atoms with Crippen molar-refractivity contribution in [1.29, 1.82) is 0 Å². The minimum Gasteiger partial charge on any atom is -0.399 e. The molecule has 0 heterocycles. The van der Waals surface area contributed by atoms with E-state index in [4.69, 9.17) is 5.73 Å². The van der Waals surface area contributed by atoms with Gasteiger partial charge in [-0.15, -0.1) is 0 Å². The number of nitrogens with zero attached hydrogens (tertiary/aromatic N) is 1. The van der Waals surface area contributed by atoms with Crippen molar-refractivity contribution < 1.29 is 0 Å². The number of hydrogen-bond donors (Lipinski definition) is 1. The van der Waals surface area contributed by atoms with E-state index in [1.165, 1.54) is 23.2 Å². The van der Waals surface area contributed by atoms with E-state index in [1.807, 2.05) is 12.1 Å². The lowest BCUT2D eigenvalue weighted by atomic mass is 9.77. The second-order valence-corrected chi connectivity index (χ2v) is 5.23. The molecule has 2 heteroatoms. The van der Waals surface area contributed by atoms with Gasteiger partial charge in [0, 0.05) is 30.4 Å². The number of fused-ring (bicyclic) bond motifs is 1. The number of likely N-dealkylation sites (N-methyl/N-ethyl adjacent to an activating group) is 1. The summed E-state index contributed by atoms with van der Waals surface area (Å²) in [7, 11) is 0. The van der Waals surface area contributed by atoms with E-state index in [-0.39, 0.29) is 0 Å². The Hall–Kier alpha value is -1.96. The van der Waals surface area contributed by atoms with Crippen LogP contribution in [0.25, 0.3) is 0 Å². The first-order chi connectivity index (χ1) is 9.28. The fraction of sp³-hybridized carbons (Fsp3) is 0.294. The molecular weight excluding hydrogens is 232 g/mol. The molecule has 0 fully saturated rings. The zero-order chi connectivity index (χ0) is 13.2. The molecule has 0 amide bonds. The van der Waals surface area contributed by atoms with Gasteiger partial charge in [-0.2, -0.15) is 0 Å². The van der Waals surface area contributed by atoms with Gasteiger partial charge in [0.05, 0.1) is 0 Å². The normalized spacial score (nSPS) is 16.6. The van der Waals surface area contributed by atoms with Gasteiger partial charge < -0.3 is 10.6 Å². The molecule has 98 valence electrons. The molecule has 19 heavy (non-hydrogen) atoms. The second kappa shape index (κ2) is 4.96. The zero-order valence-corrected chi connectivity index (χ0v) is 11.3. The van der Waals surface area contributed by atoms with Crippen molar-refractivity contribution in [3.63, 3.8) is 0 Å². The summed E-state index contributed by atoms with van der Waals surface area (Å²) < 4.78 is 0. The molecule has 1 atom stereocenters. The Morgan fingerprint density at radius 2 is 1.84 bits per heavy atom. The minimum atomic E-state index is 0.675. The monoisotopic (exact) mass is 252 g/mol. The van der Waals surface area contributed by atoms with Crippen molar-refractivity contribution in [2.24, 2.45) is 0 Å². The molecule has 0 aliphatic heterocycles. The molecule has 1 aliphatic rings. The van der Waals surface area contributed by atoms with E-state index in [0.29, 0.717) is 5.92 Å². The first kappa shape index (κ1) is 12.1. The van der Waals surface area contributed by atoms with Crippen LogP contribution in [0, 0.1) is 0 Å². The van der Waals surface area contributed by atoms with Gasteiger partial charge in [0.15, 0.2) is 0 Å². The summed E-state index contributed by atoms with van der Waals surface area (Å²) in [6.45, 7) is 4.33. The fourth-order valence-corrected chi connectivity index (χ4v) is 2.89. The summed E-state index contributed by atoms with van der Waals surface area (Å²) in [6.07, 6.45) is 1.21. The SMILES string of the molecule is CCN(CC1Cc2ccccc21)c1ccc(N)cc1. The molecule has 0 saturated heterocycles. The Kier molecular flexibility index (Phi) is 3.16. The third kappa shape index (κ3) is 2.30. The van der Waals surface area contributed by atoms with Crippen molar-refractivity contribution in [1.82, 2.24) is 0 Å². The number of nitrogen functional groups attached to an aromatic ring is 1. The minimum absolute atomic E-state index is 0.675. The van der Waals surface area contributed by atoms with Crippen LogP contribution >= 0.6 is 0 Å². The quantitative estimate of drug-likeness (QED) is 0.845. The Morgan fingerprint density at radius 3 is 2.53 bits per heavy atom. The van der Waals surface area contributed by atoms with E-state index in [9.17, 15) is 0 Å². The van der Waals surface area contributed by atoms with E-state index >= 15 is 0 Å². The van der Waals surface area contributed by atoms with Crippen molar-refractivity contribution in [2.75, 3.05) is 23.7 Å². The van der Waals surface area contributed by atoms with Gasteiger partial charge in [0.1, 0.15) is 0 Å². The van der Waals surface area contributed by atoms with Crippen LogP contribution in [-0.2, 0) is 6.42 Å². The number of rotatable bonds is 4. The highest BCUT2D eigenvalue weighted by Gasteiger charge is 2.26. The summed E-state index contributed by atoms with van der Waals surface area (Å²) in [5, 5.41) is 0. The Bertz CT molecular complexity index is 560. The Balaban J connectivity index is 1.73. The van der Waals surface area contributed by atoms with Gasteiger partial charge in [0.2, 0.25) is 0 Å². The number of nitrogens with two attached hydrogens (primary N) is 1. The smallest absolute Gasteiger partial charge is 0.0367 e. The summed E-state index contributed by atoms with van der Waals surface area (Å²) >= 11 is 0. The van der Waals surface area contributed by atoms with E-state index in [0.717, 1.165) is 18.8 Å². The summed E-state index contributed by atoms with van der Waals surface area (Å²) in [5.41, 5.74) is 10.9. The third-order valence-electron chi connectivity index (χ3n) is 4.04. The largest absolute Gasteiger partial charge is 0.399 e. The molecule has 2 nitrogen and oxygen atoms in total. The zero-order valence-electron chi connectivity index (χ0n) is 11.3. The molecule has 2 N–H and O–H groups in total. The Labute approximate surface area is 114 Å². The van der Waals surface area contributed by atoms with Gasteiger partial charge >= 0.3 is 0 Å². The number of benzene rings is 2. The van der Waals surface area contributed by atoms with Gasteiger partial charge in [-0.3, -0.25) is 0 Å². The number of anilines is 2. The van der Waals surface area contributed by atoms with Crippen molar-refractivity contribution in [2.45, 2.75) is 19.3 Å².